The van der Waals surface area contributed by atoms with Crippen LogP contribution in [0.15, 0.2) is 48.7 Å². The standard InChI is InChI=1S/C22H18Cl2F3N3O3/c1-12(20(22(25,26)27)14-7-8-28-18(24)10-14)15-4-3-13(9-16(15)23)11-33-19-6-5-17(29-30-19)21(31)32-2/h3-10,12,20H,11H2,1-2H3. The van der Waals surface area contributed by atoms with Crippen LogP contribution in [-0.2, 0) is 11.3 Å². The van der Waals surface area contributed by atoms with Crippen molar-refractivity contribution in [2.75, 3.05) is 7.11 Å². The molecule has 11 heteroatoms. The number of carbonyl (C=O) groups excluding carboxylic acids is 1. The SMILES string of the molecule is COC(=O)c1ccc(OCc2ccc(C(C)C(c3ccnc(Cl)c3)C(F)(F)F)c(Cl)c2)nn1. The smallest absolute Gasteiger partial charge is 0.396 e. The van der Waals surface area contributed by atoms with E-state index in [2.05, 4.69) is 19.9 Å². The molecule has 3 rings (SSSR count). The lowest BCUT2D eigenvalue weighted by Crippen LogP contribution is -2.26. The van der Waals surface area contributed by atoms with Crippen molar-refractivity contribution in [1.82, 2.24) is 15.2 Å². The highest BCUT2D eigenvalue weighted by molar-refractivity contribution is 6.31. The molecule has 2 heterocycles. The molecular formula is C22H18Cl2F3N3O3. The van der Waals surface area contributed by atoms with Crippen LogP contribution in [0.4, 0.5) is 13.2 Å². The first-order valence-electron chi connectivity index (χ1n) is 9.61. The Morgan fingerprint density at radius 3 is 2.42 bits per heavy atom. The maximum atomic E-state index is 13.9. The molecule has 0 N–H and O–H groups in total. The number of ether oxygens (including phenoxy) is 2. The average Bonchev–Trinajstić information content (AvgIpc) is 2.76. The lowest BCUT2D eigenvalue weighted by Gasteiger charge is -2.28. The molecule has 0 radical (unpaired) electrons. The molecule has 0 spiro atoms. The van der Waals surface area contributed by atoms with E-state index in [1.54, 1.807) is 12.1 Å². The predicted octanol–water partition coefficient (Wildman–Crippen LogP) is 5.99. The zero-order valence-corrected chi connectivity index (χ0v) is 18.9. The zero-order chi connectivity index (χ0) is 24.2. The van der Waals surface area contributed by atoms with E-state index in [1.807, 2.05) is 0 Å². The Balaban J connectivity index is 1.76. The fourth-order valence-corrected chi connectivity index (χ4v) is 3.91. The van der Waals surface area contributed by atoms with Gasteiger partial charge in [-0.15, -0.1) is 10.2 Å². The number of halogens is 5. The molecule has 0 bridgehead atoms. The van der Waals surface area contributed by atoms with Gasteiger partial charge in [-0.2, -0.15) is 13.2 Å². The van der Waals surface area contributed by atoms with Crippen LogP contribution in [0.1, 0.15) is 45.9 Å². The molecule has 0 aliphatic rings. The first-order chi connectivity index (χ1) is 15.6. The fraction of sp³-hybridized carbons (Fsp3) is 0.273. The molecule has 2 aromatic heterocycles. The monoisotopic (exact) mass is 499 g/mol. The van der Waals surface area contributed by atoms with Crippen molar-refractivity contribution in [3.8, 4) is 5.88 Å². The molecule has 33 heavy (non-hydrogen) atoms. The van der Waals surface area contributed by atoms with Crippen LogP contribution in [0, 0.1) is 0 Å². The Bertz CT molecular complexity index is 1130. The number of esters is 1. The van der Waals surface area contributed by atoms with E-state index in [-0.39, 0.29) is 33.9 Å². The maximum absolute atomic E-state index is 13.9. The summed E-state index contributed by atoms with van der Waals surface area (Å²) in [6.45, 7) is 1.51. The van der Waals surface area contributed by atoms with Crippen molar-refractivity contribution in [3.63, 3.8) is 0 Å². The highest BCUT2D eigenvalue weighted by Crippen LogP contribution is 2.46. The molecule has 0 saturated heterocycles. The summed E-state index contributed by atoms with van der Waals surface area (Å²) in [5, 5.41) is 7.63. The molecule has 1 aromatic carbocycles. The fourth-order valence-electron chi connectivity index (χ4n) is 3.35. The summed E-state index contributed by atoms with van der Waals surface area (Å²) in [6.07, 6.45) is -3.28. The second kappa shape index (κ2) is 10.4. The number of hydrogen-bond acceptors (Lipinski definition) is 6. The molecule has 0 fully saturated rings. The van der Waals surface area contributed by atoms with Crippen LogP contribution < -0.4 is 4.74 Å². The van der Waals surface area contributed by atoms with Gasteiger partial charge in [-0.05, 0) is 46.9 Å². The molecule has 0 aliphatic carbocycles. The summed E-state index contributed by atoms with van der Waals surface area (Å²) in [4.78, 5) is 15.1. The van der Waals surface area contributed by atoms with Gasteiger partial charge in [0.15, 0.2) is 5.69 Å². The van der Waals surface area contributed by atoms with E-state index in [4.69, 9.17) is 27.9 Å². The summed E-state index contributed by atoms with van der Waals surface area (Å²) in [5.74, 6) is -3.27. The summed E-state index contributed by atoms with van der Waals surface area (Å²) in [7, 11) is 1.23. The number of nitrogens with zero attached hydrogens (tertiary/aromatic N) is 3. The van der Waals surface area contributed by atoms with Gasteiger partial charge >= 0.3 is 12.1 Å². The highest BCUT2D eigenvalue weighted by atomic mass is 35.5. The van der Waals surface area contributed by atoms with Gasteiger partial charge in [-0.25, -0.2) is 9.78 Å². The highest BCUT2D eigenvalue weighted by Gasteiger charge is 2.45. The zero-order valence-electron chi connectivity index (χ0n) is 17.4. The minimum Gasteiger partial charge on any atom is -0.472 e. The number of methoxy groups -OCH3 is 1. The number of benzene rings is 1. The molecular weight excluding hydrogens is 482 g/mol. The van der Waals surface area contributed by atoms with Crippen molar-refractivity contribution < 1.29 is 27.4 Å². The lowest BCUT2D eigenvalue weighted by molar-refractivity contribution is -0.154. The molecule has 0 saturated carbocycles. The molecule has 6 nitrogen and oxygen atoms in total. The van der Waals surface area contributed by atoms with E-state index in [9.17, 15) is 18.0 Å². The minimum absolute atomic E-state index is 0.00690. The van der Waals surface area contributed by atoms with Crippen LogP contribution in [0.5, 0.6) is 5.88 Å². The Morgan fingerprint density at radius 1 is 1.09 bits per heavy atom. The van der Waals surface area contributed by atoms with E-state index >= 15 is 0 Å². The van der Waals surface area contributed by atoms with Gasteiger partial charge < -0.3 is 9.47 Å². The number of aromatic nitrogens is 3. The van der Waals surface area contributed by atoms with Crippen LogP contribution >= 0.6 is 23.2 Å². The second-order valence-corrected chi connectivity index (χ2v) is 7.91. The third kappa shape index (κ3) is 6.11. The van der Waals surface area contributed by atoms with Crippen LogP contribution in [-0.4, -0.2) is 34.4 Å². The summed E-state index contributed by atoms with van der Waals surface area (Å²) in [6, 6.07) is 10.1. The largest absolute Gasteiger partial charge is 0.472 e. The van der Waals surface area contributed by atoms with Crippen molar-refractivity contribution >= 4 is 29.2 Å². The van der Waals surface area contributed by atoms with Gasteiger partial charge in [0.25, 0.3) is 0 Å². The average molecular weight is 500 g/mol. The van der Waals surface area contributed by atoms with Gasteiger partial charge in [0.2, 0.25) is 5.88 Å². The number of rotatable bonds is 7. The van der Waals surface area contributed by atoms with Gasteiger partial charge in [0, 0.05) is 17.3 Å². The Hall–Kier alpha value is -2.91. The van der Waals surface area contributed by atoms with E-state index in [0.717, 1.165) is 0 Å². The van der Waals surface area contributed by atoms with Gasteiger partial charge in [0.05, 0.1) is 13.0 Å². The summed E-state index contributed by atoms with van der Waals surface area (Å²) < 4.78 is 51.8. The Labute approximate surface area is 197 Å². The van der Waals surface area contributed by atoms with Crippen LogP contribution in [0.2, 0.25) is 10.2 Å². The molecule has 2 atom stereocenters. The molecule has 0 amide bonds. The quantitative estimate of drug-likeness (QED) is 0.293. The maximum Gasteiger partial charge on any atom is 0.396 e. The molecule has 3 aromatic rings. The van der Waals surface area contributed by atoms with Gasteiger partial charge in [-0.3, -0.25) is 0 Å². The van der Waals surface area contributed by atoms with E-state index in [0.29, 0.717) is 11.1 Å². The van der Waals surface area contributed by atoms with E-state index in [1.165, 1.54) is 50.6 Å². The predicted molar refractivity (Wildman–Crippen MR) is 116 cm³/mol. The van der Waals surface area contributed by atoms with Crippen molar-refractivity contribution in [2.24, 2.45) is 0 Å². The van der Waals surface area contributed by atoms with Crippen molar-refractivity contribution in [1.29, 1.82) is 0 Å². The summed E-state index contributed by atoms with van der Waals surface area (Å²) in [5.41, 5.74) is 0.983. The second-order valence-electron chi connectivity index (χ2n) is 7.11. The normalized spacial score (nSPS) is 13.3. The molecule has 2 unspecified atom stereocenters. The number of carbonyl (C=O) groups is 1. The van der Waals surface area contributed by atoms with Crippen molar-refractivity contribution in [3.05, 3.63) is 81.2 Å². The minimum atomic E-state index is -4.52. The lowest BCUT2D eigenvalue weighted by atomic mass is 9.82. The number of alkyl halides is 3. The number of hydrogen-bond donors (Lipinski definition) is 0. The molecule has 174 valence electrons. The third-order valence-electron chi connectivity index (χ3n) is 4.94. The Morgan fingerprint density at radius 2 is 1.85 bits per heavy atom. The third-order valence-corrected chi connectivity index (χ3v) is 5.47. The van der Waals surface area contributed by atoms with Crippen LogP contribution in [0.25, 0.3) is 0 Å². The van der Waals surface area contributed by atoms with E-state index < -0.39 is 24.0 Å². The van der Waals surface area contributed by atoms with Crippen molar-refractivity contribution in [2.45, 2.75) is 31.5 Å². The first kappa shape index (κ1) is 24.7. The first-order valence-corrected chi connectivity index (χ1v) is 10.4. The topological polar surface area (TPSA) is 74.2 Å². The van der Waals surface area contributed by atoms with Gasteiger partial charge in [0.1, 0.15) is 11.8 Å². The Kier molecular flexibility index (Phi) is 7.76. The van der Waals surface area contributed by atoms with Gasteiger partial charge in [-0.1, -0.05) is 42.3 Å². The number of pyridine rings is 1. The van der Waals surface area contributed by atoms with Crippen LogP contribution in [0.3, 0.4) is 0 Å². The molecule has 0 aliphatic heterocycles. The summed E-state index contributed by atoms with van der Waals surface area (Å²) >= 11 is 12.2.